The highest BCUT2D eigenvalue weighted by molar-refractivity contribution is 5.44. The zero-order valence-corrected chi connectivity index (χ0v) is 11.3. The predicted molar refractivity (Wildman–Crippen MR) is 71.8 cm³/mol. The van der Waals surface area contributed by atoms with Crippen molar-refractivity contribution < 1.29 is 4.74 Å². The minimum atomic E-state index is 0.333. The first-order valence-corrected chi connectivity index (χ1v) is 6.54. The smallest absolute Gasteiger partial charge is 0.125 e. The molecule has 2 heteroatoms. The van der Waals surface area contributed by atoms with E-state index in [9.17, 15) is 0 Å². The van der Waals surface area contributed by atoms with E-state index in [0.29, 0.717) is 12.1 Å². The van der Waals surface area contributed by atoms with Gasteiger partial charge in [0, 0.05) is 6.04 Å². The molecular weight excluding hydrogens is 210 g/mol. The number of nitrogens with one attached hydrogen (secondary N) is 1. The lowest BCUT2D eigenvalue weighted by atomic mass is 10.0. The third-order valence-electron chi connectivity index (χ3n) is 3.97. The first-order valence-electron chi connectivity index (χ1n) is 6.54. The molecule has 2 nitrogen and oxygen atoms in total. The number of aryl methyl sites for hydroxylation is 2. The van der Waals surface area contributed by atoms with E-state index >= 15 is 0 Å². The summed E-state index contributed by atoms with van der Waals surface area (Å²) >= 11 is 0. The van der Waals surface area contributed by atoms with Gasteiger partial charge in [-0.2, -0.15) is 0 Å². The van der Waals surface area contributed by atoms with Crippen molar-refractivity contribution in [3.63, 3.8) is 0 Å². The van der Waals surface area contributed by atoms with Gasteiger partial charge in [0.2, 0.25) is 0 Å². The van der Waals surface area contributed by atoms with Crippen molar-refractivity contribution in [3.05, 3.63) is 28.8 Å². The van der Waals surface area contributed by atoms with Crippen LogP contribution in [0.1, 0.15) is 36.0 Å². The summed E-state index contributed by atoms with van der Waals surface area (Å²) in [7, 11) is 2.03. The largest absolute Gasteiger partial charge is 0.488 e. The van der Waals surface area contributed by atoms with Gasteiger partial charge >= 0.3 is 0 Å². The predicted octanol–water partition coefficient (Wildman–Crippen LogP) is 3.13. The molecule has 2 atom stereocenters. The number of hydrogen-bond donors (Lipinski definition) is 1. The Morgan fingerprint density at radius 3 is 2.53 bits per heavy atom. The van der Waals surface area contributed by atoms with Gasteiger partial charge in [-0.15, -0.1) is 0 Å². The maximum absolute atomic E-state index is 6.26. The third-order valence-corrected chi connectivity index (χ3v) is 3.97. The van der Waals surface area contributed by atoms with E-state index in [4.69, 9.17) is 4.74 Å². The zero-order chi connectivity index (χ0) is 12.4. The van der Waals surface area contributed by atoms with Crippen LogP contribution in [-0.2, 0) is 0 Å². The molecule has 2 rings (SSSR count). The summed E-state index contributed by atoms with van der Waals surface area (Å²) in [5.74, 6) is 1.09. The molecule has 0 saturated heterocycles. The van der Waals surface area contributed by atoms with E-state index in [1.165, 1.54) is 36.0 Å². The van der Waals surface area contributed by atoms with Crippen LogP contribution in [0.15, 0.2) is 12.1 Å². The number of likely N-dealkylation sites (N-methyl/N-ethyl adjacent to an activating group) is 1. The lowest BCUT2D eigenvalue weighted by molar-refractivity contribution is 0.176. The highest BCUT2D eigenvalue weighted by atomic mass is 16.5. The molecule has 0 aromatic heterocycles. The van der Waals surface area contributed by atoms with E-state index in [-0.39, 0.29) is 0 Å². The van der Waals surface area contributed by atoms with Crippen molar-refractivity contribution in [3.8, 4) is 5.75 Å². The van der Waals surface area contributed by atoms with Gasteiger partial charge in [-0.25, -0.2) is 0 Å². The molecule has 1 aromatic rings. The maximum atomic E-state index is 6.26. The fourth-order valence-corrected chi connectivity index (χ4v) is 2.66. The van der Waals surface area contributed by atoms with E-state index in [2.05, 4.69) is 38.2 Å². The summed E-state index contributed by atoms with van der Waals surface area (Å²) in [6.07, 6.45) is 3.99. The molecule has 1 N–H and O–H groups in total. The van der Waals surface area contributed by atoms with Crippen LogP contribution in [0.5, 0.6) is 5.75 Å². The average Bonchev–Trinajstić information content (AvgIpc) is 2.77. The van der Waals surface area contributed by atoms with E-state index in [1.54, 1.807) is 0 Å². The van der Waals surface area contributed by atoms with Gasteiger partial charge < -0.3 is 10.1 Å². The quantitative estimate of drug-likeness (QED) is 0.866. The maximum Gasteiger partial charge on any atom is 0.125 e. The second-order valence-corrected chi connectivity index (χ2v) is 5.14. The van der Waals surface area contributed by atoms with Gasteiger partial charge in [0.15, 0.2) is 0 Å². The first kappa shape index (κ1) is 12.4. The van der Waals surface area contributed by atoms with Crippen LogP contribution in [0, 0.1) is 20.8 Å². The molecule has 0 heterocycles. The molecule has 2 unspecified atom stereocenters. The normalized spacial score (nSPS) is 24.0. The van der Waals surface area contributed by atoms with Gasteiger partial charge in [-0.05, 0) is 63.8 Å². The van der Waals surface area contributed by atoms with Crippen molar-refractivity contribution >= 4 is 0 Å². The van der Waals surface area contributed by atoms with Gasteiger partial charge in [0.05, 0.1) is 0 Å². The van der Waals surface area contributed by atoms with Crippen molar-refractivity contribution in [1.29, 1.82) is 0 Å². The number of ether oxygens (including phenoxy) is 1. The number of rotatable bonds is 3. The molecule has 17 heavy (non-hydrogen) atoms. The van der Waals surface area contributed by atoms with Crippen LogP contribution in [0.25, 0.3) is 0 Å². The molecule has 94 valence electrons. The molecule has 1 saturated carbocycles. The highest BCUT2D eigenvalue weighted by Gasteiger charge is 2.28. The molecule has 1 aliphatic carbocycles. The van der Waals surface area contributed by atoms with Gasteiger partial charge in [0.25, 0.3) is 0 Å². The Hall–Kier alpha value is -1.02. The Kier molecular flexibility index (Phi) is 3.72. The van der Waals surface area contributed by atoms with Crippen molar-refractivity contribution in [2.24, 2.45) is 0 Å². The van der Waals surface area contributed by atoms with E-state index in [1.807, 2.05) is 7.05 Å². The van der Waals surface area contributed by atoms with Crippen molar-refractivity contribution in [2.45, 2.75) is 52.2 Å². The summed E-state index contributed by atoms with van der Waals surface area (Å²) in [5.41, 5.74) is 3.84. The van der Waals surface area contributed by atoms with E-state index < -0.39 is 0 Å². The topological polar surface area (TPSA) is 21.3 Å². The van der Waals surface area contributed by atoms with Gasteiger partial charge in [-0.1, -0.05) is 12.1 Å². The molecule has 1 aliphatic rings. The van der Waals surface area contributed by atoms with Crippen LogP contribution in [0.3, 0.4) is 0 Å². The molecular formula is C15H23NO. The Bertz CT molecular complexity index is 400. The van der Waals surface area contributed by atoms with Crippen LogP contribution in [0.2, 0.25) is 0 Å². The summed E-state index contributed by atoms with van der Waals surface area (Å²) in [4.78, 5) is 0. The number of hydrogen-bond acceptors (Lipinski definition) is 2. The third kappa shape index (κ3) is 2.47. The molecule has 0 amide bonds. The second-order valence-electron chi connectivity index (χ2n) is 5.14. The van der Waals surface area contributed by atoms with Gasteiger partial charge in [-0.3, -0.25) is 0 Å². The SMILES string of the molecule is CNC1CCCC1Oc1c(C)ccc(C)c1C. The lowest BCUT2D eigenvalue weighted by Crippen LogP contribution is -2.36. The summed E-state index contributed by atoms with van der Waals surface area (Å²) in [6, 6.07) is 4.83. The fraction of sp³-hybridized carbons (Fsp3) is 0.600. The van der Waals surface area contributed by atoms with Crippen LogP contribution in [-0.4, -0.2) is 19.2 Å². The summed E-state index contributed by atoms with van der Waals surface area (Å²) in [5, 5.41) is 3.36. The minimum absolute atomic E-state index is 0.333. The standard InChI is InChI=1S/C15H23NO/c1-10-8-9-11(2)15(12(10)3)17-14-7-5-6-13(14)16-4/h8-9,13-14,16H,5-7H2,1-4H3. The highest BCUT2D eigenvalue weighted by Crippen LogP contribution is 2.30. The molecule has 0 radical (unpaired) electrons. The monoisotopic (exact) mass is 233 g/mol. The Labute approximate surface area is 104 Å². The van der Waals surface area contributed by atoms with Crippen molar-refractivity contribution in [2.75, 3.05) is 7.05 Å². The van der Waals surface area contributed by atoms with Crippen molar-refractivity contribution in [1.82, 2.24) is 5.32 Å². The van der Waals surface area contributed by atoms with E-state index in [0.717, 1.165) is 5.75 Å². The fourth-order valence-electron chi connectivity index (χ4n) is 2.66. The van der Waals surface area contributed by atoms with Crippen LogP contribution < -0.4 is 10.1 Å². The molecule has 0 aliphatic heterocycles. The summed E-state index contributed by atoms with van der Waals surface area (Å²) in [6.45, 7) is 6.43. The molecule has 1 fully saturated rings. The second kappa shape index (κ2) is 5.09. The minimum Gasteiger partial charge on any atom is -0.488 e. The van der Waals surface area contributed by atoms with Crippen LogP contribution in [0.4, 0.5) is 0 Å². The Balaban J connectivity index is 2.21. The molecule has 0 spiro atoms. The Morgan fingerprint density at radius 2 is 1.82 bits per heavy atom. The molecule has 1 aromatic carbocycles. The summed E-state index contributed by atoms with van der Waals surface area (Å²) < 4.78 is 6.26. The molecule has 0 bridgehead atoms. The first-order chi connectivity index (χ1) is 8.13. The number of benzene rings is 1. The zero-order valence-electron chi connectivity index (χ0n) is 11.3. The average molecular weight is 233 g/mol. The van der Waals surface area contributed by atoms with Crippen LogP contribution >= 0.6 is 0 Å². The van der Waals surface area contributed by atoms with Gasteiger partial charge in [0.1, 0.15) is 11.9 Å². The Morgan fingerprint density at radius 1 is 1.12 bits per heavy atom. The lowest BCUT2D eigenvalue weighted by Gasteiger charge is -2.23.